The standard InChI is InChI=1S/C20H20N2O3S2/c1-14-3-5-17(6-4-14)20-22(11-12-26-20)27(23,24)18-9-7-16(8-10-18)19-13-25-15(2)21-19/h3-10,13,20H,11-12H2,1-2H3. The van der Waals surface area contributed by atoms with Crippen molar-refractivity contribution in [3.63, 3.8) is 0 Å². The Hall–Kier alpha value is -2.09. The van der Waals surface area contributed by atoms with Gasteiger partial charge < -0.3 is 4.42 Å². The van der Waals surface area contributed by atoms with Crippen molar-refractivity contribution < 1.29 is 12.8 Å². The van der Waals surface area contributed by atoms with Gasteiger partial charge in [0.1, 0.15) is 12.0 Å². The maximum absolute atomic E-state index is 13.2. The van der Waals surface area contributed by atoms with E-state index in [0.717, 1.165) is 22.4 Å². The maximum Gasteiger partial charge on any atom is 0.244 e. The van der Waals surface area contributed by atoms with Gasteiger partial charge in [-0.2, -0.15) is 4.31 Å². The summed E-state index contributed by atoms with van der Waals surface area (Å²) in [7, 11) is -3.57. The largest absolute Gasteiger partial charge is 0.449 e. The summed E-state index contributed by atoms with van der Waals surface area (Å²) < 4.78 is 33.3. The molecule has 2 heterocycles. The van der Waals surface area contributed by atoms with E-state index in [1.165, 1.54) is 0 Å². The third-order valence-electron chi connectivity index (χ3n) is 4.59. The molecule has 1 aliphatic rings. The van der Waals surface area contributed by atoms with Crippen LogP contribution in [0.4, 0.5) is 0 Å². The molecule has 1 aliphatic heterocycles. The van der Waals surface area contributed by atoms with Crippen molar-refractivity contribution in [1.82, 2.24) is 9.29 Å². The summed E-state index contributed by atoms with van der Waals surface area (Å²) in [4.78, 5) is 4.58. The molecule has 1 unspecified atom stereocenters. The van der Waals surface area contributed by atoms with Gasteiger partial charge in [0.2, 0.25) is 10.0 Å². The van der Waals surface area contributed by atoms with Crippen molar-refractivity contribution in [2.75, 3.05) is 12.3 Å². The van der Waals surface area contributed by atoms with Gasteiger partial charge in [-0.15, -0.1) is 11.8 Å². The number of benzene rings is 2. The molecule has 0 aliphatic carbocycles. The predicted octanol–water partition coefficient (Wildman–Crippen LogP) is 4.39. The summed E-state index contributed by atoms with van der Waals surface area (Å²) in [5.41, 5.74) is 3.71. The van der Waals surface area contributed by atoms with Crippen LogP contribution in [0.15, 0.2) is 64.1 Å². The lowest BCUT2D eigenvalue weighted by Gasteiger charge is -2.23. The molecule has 0 amide bonds. The zero-order valence-corrected chi connectivity index (χ0v) is 16.8. The summed E-state index contributed by atoms with van der Waals surface area (Å²) in [5.74, 6) is 1.37. The van der Waals surface area contributed by atoms with E-state index in [-0.39, 0.29) is 5.37 Å². The molecule has 0 spiro atoms. The first kappa shape index (κ1) is 18.3. The molecule has 0 bridgehead atoms. The van der Waals surface area contributed by atoms with Crippen molar-refractivity contribution >= 4 is 21.8 Å². The molecule has 0 radical (unpaired) electrons. The fraction of sp³-hybridized carbons (Fsp3) is 0.250. The van der Waals surface area contributed by atoms with E-state index < -0.39 is 10.0 Å². The van der Waals surface area contributed by atoms with E-state index in [1.54, 1.807) is 53.5 Å². The van der Waals surface area contributed by atoms with Crippen molar-refractivity contribution in [1.29, 1.82) is 0 Å². The molecular weight excluding hydrogens is 380 g/mol. The highest BCUT2D eigenvalue weighted by molar-refractivity contribution is 8.01. The Morgan fingerprint density at radius 2 is 1.78 bits per heavy atom. The second-order valence-corrected chi connectivity index (χ2v) is 9.60. The third-order valence-corrected chi connectivity index (χ3v) is 7.86. The highest BCUT2D eigenvalue weighted by atomic mass is 32.2. The molecular formula is C20H20N2O3S2. The van der Waals surface area contributed by atoms with Crippen molar-refractivity contribution in [3.05, 3.63) is 71.8 Å². The Balaban J connectivity index is 1.63. The van der Waals surface area contributed by atoms with Gasteiger partial charge in [0.25, 0.3) is 0 Å². The van der Waals surface area contributed by atoms with Crippen molar-refractivity contribution in [3.8, 4) is 11.3 Å². The number of rotatable bonds is 4. The highest BCUT2D eigenvalue weighted by Crippen LogP contribution is 2.41. The minimum absolute atomic E-state index is 0.187. The van der Waals surface area contributed by atoms with E-state index >= 15 is 0 Å². The van der Waals surface area contributed by atoms with Gasteiger partial charge in [0.05, 0.1) is 10.3 Å². The Kier molecular flexibility index (Phi) is 4.84. The van der Waals surface area contributed by atoms with E-state index in [2.05, 4.69) is 4.98 Å². The molecule has 1 aromatic heterocycles. The number of hydrogen-bond donors (Lipinski definition) is 0. The molecule has 5 nitrogen and oxygen atoms in total. The zero-order chi connectivity index (χ0) is 19.0. The maximum atomic E-state index is 13.2. The minimum Gasteiger partial charge on any atom is -0.449 e. The molecule has 2 aromatic carbocycles. The first-order valence-corrected chi connectivity index (χ1v) is 11.2. The van der Waals surface area contributed by atoms with Gasteiger partial charge in [-0.3, -0.25) is 0 Å². The molecule has 1 fully saturated rings. The first-order chi connectivity index (χ1) is 12.9. The Labute approximate surface area is 163 Å². The number of aryl methyl sites for hydroxylation is 2. The van der Waals surface area contributed by atoms with Gasteiger partial charge in [-0.1, -0.05) is 42.0 Å². The summed E-state index contributed by atoms with van der Waals surface area (Å²) in [6.45, 7) is 4.31. The van der Waals surface area contributed by atoms with Gasteiger partial charge in [-0.25, -0.2) is 13.4 Å². The van der Waals surface area contributed by atoms with Crippen LogP contribution in [0.25, 0.3) is 11.3 Å². The molecule has 1 saturated heterocycles. The molecule has 4 rings (SSSR count). The average molecular weight is 401 g/mol. The van der Waals surface area contributed by atoms with Gasteiger partial charge in [0, 0.05) is 24.8 Å². The Bertz CT molecular complexity index is 1040. The fourth-order valence-corrected chi connectivity index (χ4v) is 6.36. The lowest BCUT2D eigenvalue weighted by Crippen LogP contribution is -2.30. The van der Waals surface area contributed by atoms with Crippen LogP contribution in [0.3, 0.4) is 0 Å². The van der Waals surface area contributed by atoms with E-state index in [1.807, 2.05) is 31.2 Å². The van der Waals surface area contributed by atoms with Crippen LogP contribution < -0.4 is 0 Å². The molecule has 1 atom stereocenters. The Morgan fingerprint density at radius 1 is 1.07 bits per heavy atom. The van der Waals surface area contributed by atoms with Crippen LogP contribution in [-0.2, 0) is 10.0 Å². The van der Waals surface area contributed by atoms with Crippen LogP contribution in [0.5, 0.6) is 0 Å². The highest BCUT2D eigenvalue weighted by Gasteiger charge is 2.36. The average Bonchev–Trinajstić information content (AvgIpc) is 3.32. The molecule has 3 aromatic rings. The number of hydrogen-bond acceptors (Lipinski definition) is 5. The van der Waals surface area contributed by atoms with Crippen molar-refractivity contribution in [2.45, 2.75) is 24.1 Å². The van der Waals surface area contributed by atoms with Gasteiger partial charge in [-0.05, 0) is 24.6 Å². The lowest BCUT2D eigenvalue weighted by atomic mass is 10.1. The van der Waals surface area contributed by atoms with Crippen LogP contribution in [0.1, 0.15) is 22.4 Å². The minimum atomic E-state index is -3.57. The van der Waals surface area contributed by atoms with E-state index in [9.17, 15) is 8.42 Å². The van der Waals surface area contributed by atoms with Gasteiger partial charge in [0.15, 0.2) is 5.89 Å². The smallest absolute Gasteiger partial charge is 0.244 e. The summed E-state index contributed by atoms with van der Waals surface area (Å²) in [6.07, 6.45) is 1.57. The Morgan fingerprint density at radius 3 is 2.41 bits per heavy atom. The van der Waals surface area contributed by atoms with Crippen LogP contribution in [-0.4, -0.2) is 30.0 Å². The van der Waals surface area contributed by atoms with Gasteiger partial charge >= 0.3 is 0 Å². The normalized spacial score (nSPS) is 18.1. The summed E-state index contributed by atoms with van der Waals surface area (Å²) in [5, 5.41) is -0.187. The molecule has 27 heavy (non-hydrogen) atoms. The summed E-state index contributed by atoms with van der Waals surface area (Å²) in [6, 6.07) is 14.9. The lowest BCUT2D eigenvalue weighted by molar-refractivity contribution is 0.434. The zero-order valence-electron chi connectivity index (χ0n) is 15.1. The second-order valence-electron chi connectivity index (χ2n) is 6.53. The second kappa shape index (κ2) is 7.14. The first-order valence-electron chi connectivity index (χ1n) is 8.68. The van der Waals surface area contributed by atoms with Crippen LogP contribution >= 0.6 is 11.8 Å². The number of nitrogens with zero attached hydrogens (tertiary/aromatic N) is 2. The third kappa shape index (κ3) is 3.54. The van der Waals surface area contributed by atoms with Crippen molar-refractivity contribution in [2.24, 2.45) is 0 Å². The molecule has 7 heteroatoms. The number of aromatic nitrogens is 1. The monoisotopic (exact) mass is 400 g/mol. The quantitative estimate of drug-likeness (QED) is 0.650. The SMILES string of the molecule is Cc1ccc(C2SCCN2S(=O)(=O)c2ccc(-c3coc(C)n3)cc2)cc1. The number of thioether (sulfide) groups is 1. The number of sulfonamides is 1. The molecule has 140 valence electrons. The van der Waals surface area contributed by atoms with Crippen LogP contribution in [0, 0.1) is 13.8 Å². The molecule has 0 saturated carbocycles. The van der Waals surface area contributed by atoms with E-state index in [0.29, 0.717) is 23.0 Å². The van der Waals surface area contributed by atoms with Crippen LogP contribution in [0.2, 0.25) is 0 Å². The topological polar surface area (TPSA) is 63.4 Å². The molecule has 0 N–H and O–H groups in total. The number of oxazole rings is 1. The fourth-order valence-electron chi connectivity index (χ4n) is 3.12. The summed E-state index contributed by atoms with van der Waals surface area (Å²) >= 11 is 1.66. The predicted molar refractivity (Wildman–Crippen MR) is 107 cm³/mol. The van der Waals surface area contributed by atoms with E-state index in [4.69, 9.17) is 4.42 Å².